The molecule has 0 aliphatic carbocycles. The van der Waals surface area contributed by atoms with Crippen molar-refractivity contribution in [3.05, 3.63) is 53.9 Å². The van der Waals surface area contributed by atoms with Gasteiger partial charge in [0.25, 0.3) is 0 Å². The van der Waals surface area contributed by atoms with E-state index in [0.29, 0.717) is 13.1 Å². The van der Waals surface area contributed by atoms with Crippen LogP contribution in [0.4, 0.5) is 5.69 Å². The monoisotopic (exact) mass is 229 g/mol. The van der Waals surface area contributed by atoms with Crippen molar-refractivity contribution in [2.75, 3.05) is 5.32 Å². The Labute approximate surface area is 100 Å². The van der Waals surface area contributed by atoms with Gasteiger partial charge in [0.1, 0.15) is 5.75 Å². The lowest BCUT2D eigenvalue weighted by molar-refractivity contribution is 0.475. The molecule has 1 aromatic heterocycles. The molecule has 88 valence electrons. The third kappa shape index (κ3) is 3.19. The molecule has 4 nitrogen and oxygen atoms in total. The molecule has 2 rings (SSSR count). The molecule has 0 aliphatic rings. The molecule has 0 spiro atoms. The van der Waals surface area contributed by atoms with Crippen LogP contribution in [0.15, 0.2) is 42.6 Å². The summed E-state index contributed by atoms with van der Waals surface area (Å²) in [7, 11) is 0. The molecule has 17 heavy (non-hydrogen) atoms. The number of anilines is 1. The van der Waals surface area contributed by atoms with Gasteiger partial charge < -0.3 is 16.2 Å². The van der Waals surface area contributed by atoms with Gasteiger partial charge in [-0.2, -0.15) is 0 Å². The highest BCUT2D eigenvalue weighted by atomic mass is 16.3. The Morgan fingerprint density at radius 3 is 2.88 bits per heavy atom. The molecule has 0 saturated carbocycles. The first-order valence-electron chi connectivity index (χ1n) is 5.45. The molecule has 0 amide bonds. The molecule has 1 heterocycles. The lowest BCUT2D eigenvalue weighted by Crippen LogP contribution is -2.03. The smallest absolute Gasteiger partial charge is 0.117 e. The molecule has 0 saturated heterocycles. The molecule has 1 aromatic carbocycles. The number of rotatable bonds is 4. The van der Waals surface area contributed by atoms with E-state index in [2.05, 4.69) is 10.3 Å². The highest BCUT2D eigenvalue weighted by Crippen LogP contribution is 2.16. The Balaban J connectivity index is 2.02. The van der Waals surface area contributed by atoms with E-state index in [0.717, 1.165) is 16.9 Å². The topological polar surface area (TPSA) is 71.2 Å². The van der Waals surface area contributed by atoms with Crippen LogP contribution < -0.4 is 11.1 Å². The van der Waals surface area contributed by atoms with E-state index in [1.165, 1.54) is 0 Å². The average Bonchev–Trinajstić information content (AvgIpc) is 2.37. The van der Waals surface area contributed by atoms with Crippen LogP contribution in [-0.4, -0.2) is 10.1 Å². The van der Waals surface area contributed by atoms with Gasteiger partial charge in [-0.15, -0.1) is 0 Å². The first-order chi connectivity index (χ1) is 8.28. The minimum Gasteiger partial charge on any atom is -0.508 e. The predicted molar refractivity (Wildman–Crippen MR) is 67.6 cm³/mol. The van der Waals surface area contributed by atoms with Crippen LogP contribution in [0.25, 0.3) is 0 Å². The van der Waals surface area contributed by atoms with Crippen molar-refractivity contribution in [2.45, 2.75) is 13.1 Å². The molecular formula is C13H15N3O. The van der Waals surface area contributed by atoms with Crippen LogP contribution in [0, 0.1) is 0 Å². The van der Waals surface area contributed by atoms with Crippen LogP contribution in [0.1, 0.15) is 11.3 Å². The number of pyridine rings is 1. The third-order valence-electron chi connectivity index (χ3n) is 2.44. The largest absolute Gasteiger partial charge is 0.508 e. The van der Waals surface area contributed by atoms with E-state index in [1.54, 1.807) is 24.4 Å². The van der Waals surface area contributed by atoms with Gasteiger partial charge >= 0.3 is 0 Å². The number of hydrogen-bond acceptors (Lipinski definition) is 4. The number of nitrogens with two attached hydrogens (primary N) is 1. The van der Waals surface area contributed by atoms with Crippen molar-refractivity contribution in [1.82, 2.24) is 4.98 Å². The van der Waals surface area contributed by atoms with Crippen molar-refractivity contribution in [1.29, 1.82) is 0 Å². The number of nitrogens with zero attached hydrogens (tertiary/aromatic N) is 1. The number of aromatic nitrogens is 1. The predicted octanol–water partition coefficient (Wildman–Crippen LogP) is 1.86. The second kappa shape index (κ2) is 5.32. The van der Waals surface area contributed by atoms with Crippen LogP contribution in [0.5, 0.6) is 5.75 Å². The van der Waals surface area contributed by atoms with E-state index >= 15 is 0 Å². The number of aromatic hydroxyl groups is 1. The van der Waals surface area contributed by atoms with Crippen molar-refractivity contribution in [3.63, 3.8) is 0 Å². The van der Waals surface area contributed by atoms with E-state index in [1.807, 2.05) is 18.2 Å². The maximum Gasteiger partial charge on any atom is 0.117 e. The number of phenolic OH excluding ortho intramolecular Hbond substituents is 1. The Kier molecular flexibility index (Phi) is 3.57. The number of nitrogens with one attached hydrogen (secondary N) is 1. The summed E-state index contributed by atoms with van der Waals surface area (Å²) in [6.07, 6.45) is 1.75. The van der Waals surface area contributed by atoms with Crippen molar-refractivity contribution in [2.24, 2.45) is 5.73 Å². The van der Waals surface area contributed by atoms with Gasteiger partial charge in [0, 0.05) is 24.5 Å². The highest BCUT2D eigenvalue weighted by Gasteiger charge is 1.97. The molecule has 0 fully saturated rings. The van der Waals surface area contributed by atoms with Gasteiger partial charge in [0.05, 0.1) is 12.2 Å². The molecule has 2 aromatic rings. The number of hydrogen-bond donors (Lipinski definition) is 3. The zero-order valence-corrected chi connectivity index (χ0v) is 9.43. The molecular weight excluding hydrogens is 214 g/mol. The number of benzene rings is 1. The van der Waals surface area contributed by atoms with Gasteiger partial charge in [-0.25, -0.2) is 0 Å². The van der Waals surface area contributed by atoms with Gasteiger partial charge in [0.2, 0.25) is 0 Å². The molecule has 4 N–H and O–H groups in total. The maximum absolute atomic E-state index is 9.32. The Morgan fingerprint density at radius 2 is 2.12 bits per heavy atom. The van der Waals surface area contributed by atoms with Crippen molar-refractivity contribution in [3.8, 4) is 5.75 Å². The van der Waals surface area contributed by atoms with Gasteiger partial charge in [0.15, 0.2) is 0 Å². The average molecular weight is 229 g/mol. The van der Waals surface area contributed by atoms with Crippen LogP contribution >= 0.6 is 0 Å². The summed E-state index contributed by atoms with van der Waals surface area (Å²) in [4.78, 5) is 4.24. The van der Waals surface area contributed by atoms with E-state index in [-0.39, 0.29) is 5.75 Å². The fraction of sp³-hybridized carbons (Fsp3) is 0.154. The fourth-order valence-electron chi connectivity index (χ4n) is 1.56. The van der Waals surface area contributed by atoms with E-state index < -0.39 is 0 Å². The van der Waals surface area contributed by atoms with Crippen LogP contribution in [-0.2, 0) is 13.1 Å². The zero-order chi connectivity index (χ0) is 12.1. The fourth-order valence-corrected chi connectivity index (χ4v) is 1.56. The highest BCUT2D eigenvalue weighted by molar-refractivity contribution is 5.47. The van der Waals surface area contributed by atoms with Gasteiger partial charge in [-0.1, -0.05) is 6.07 Å². The maximum atomic E-state index is 9.32. The third-order valence-corrected chi connectivity index (χ3v) is 2.44. The minimum absolute atomic E-state index is 0.249. The van der Waals surface area contributed by atoms with E-state index in [4.69, 9.17) is 5.73 Å². The lowest BCUT2D eigenvalue weighted by atomic mass is 10.2. The lowest BCUT2D eigenvalue weighted by Gasteiger charge is -2.07. The molecule has 0 unspecified atom stereocenters. The first-order valence-corrected chi connectivity index (χ1v) is 5.45. The van der Waals surface area contributed by atoms with Crippen molar-refractivity contribution < 1.29 is 5.11 Å². The SMILES string of the molecule is NCc1ccnc(CNc2cccc(O)c2)c1. The normalized spacial score (nSPS) is 10.2. The summed E-state index contributed by atoms with van der Waals surface area (Å²) in [5, 5.41) is 12.5. The molecule has 0 atom stereocenters. The second-order valence-corrected chi connectivity index (χ2v) is 3.76. The molecule has 0 aliphatic heterocycles. The summed E-state index contributed by atoms with van der Waals surface area (Å²) < 4.78 is 0. The van der Waals surface area contributed by atoms with E-state index in [9.17, 15) is 5.11 Å². The second-order valence-electron chi connectivity index (χ2n) is 3.76. The molecule has 0 radical (unpaired) electrons. The Hall–Kier alpha value is -2.07. The quantitative estimate of drug-likeness (QED) is 0.748. The van der Waals surface area contributed by atoms with Crippen molar-refractivity contribution >= 4 is 5.69 Å². The standard InChI is InChI=1S/C13H15N3O/c14-8-10-4-5-15-12(6-10)9-16-11-2-1-3-13(17)7-11/h1-7,16-17H,8-9,14H2. The Morgan fingerprint density at radius 1 is 1.24 bits per heavy atom. The minimum atomic E-state index is 0.249. The number of phenols is 1. The summed E-state index contributed by atoms with van der Waals surface area (Å²) >= 11 is 0. The summed E-state index contributed by atoms with van der Waals surface area (Å²) in [5.74, 6) is 0.249. The van der Waals surface area contributed by atoms with Gasteiger partial charge in [-0.05, 0) is 29.8 Å². The first kappa shape index (κ1) is 11.4. The van der Waals surface area contributed by atoms with Crippen LogP contribution in [0.2, 0.25) is 0 Å². The molecule has 4 heteroatoms. The van der Waals surface area contributed by atoms with Crippen LogP contribution in [0.3, 0.4) is 0 Å². The van der Waals surface area contributed by atoms with Gasteiger partial charge in [-0.3, -0.25) is 4.98 Å². The summed E-state index contributed by atoms with van der Waals surface area (Å²) in [6.45, 7) is 1.12. The molecule has 0 bridgehead atoms. The Bertz CT molecular complexity index is 500. The zero-order valence-electron chi connectivity index (χ0n) is 9.43. The summed E-state index contributed by atoms with van der Waals surface area (Å²) in [6, 6.07) is 10.9. The summed E-state index contributed by atoms with van der Waals surface area (Å²) in [5.41, 5.74) is 8.42.